The summed E-state index contributed by atoms with van der Waals surface area (Å²) in [7, 11) is 1.53. The number of amides is 1. The molecule has 2 unspecified atom stereocenters. The molecule has 1 saturated carbocycles. The number of aromatic nitrogens is 2. The van der Waals surface area contributed by atoms with Crippen LogP contribution in [0.5, 0.6) is 5.75 Å². The number of halogens is 3. The predicted octanol–water partition coefficient (Wildman–Crippen LogP) is 4.86. The average Bonchev–Trinajstić information content (AvgIpc) is 3.21. The number of nitrogens with one attached hydrogen (secondary N) is 2. The van der Waals surface area contributed by atoms with Gasteiger partial charge in [0.15, 0.2) is 6.04 Å². The molecular weight excluding hydrogens is 409 g/mol. The molecule has 2 N–H and O–H groups in total. The van der Waals surface area contributed by atoms with E-state index in [-0.39, 0.29) is 17.8 Å². The summed E-state index contributed by atoms with van der Waals surface area (Å²) in [6.45, 7) is 0.536. The lowest BCUT2D eigenvalue weighted by molar-refractivity contribution is -0.173. The number of rotatable bonds is 5. The number of hydrogen-bond acceptors (Lipinski definition) is 4. The number of nitrogens with zero attached hydrogens (tertiary/aromatic N) is 2. The largest absolute Gasteiger partial charge is 0.497 e. The molecule has 2 atom stereocenters. The van der Waals surface area contributed by atoms with Crippen LogP contribution in [0, 0.1) is 5.92 Å². The number of hydrogen-bond donors (Lipinski definition) is 2. The molecule has 1 amide bonds. The molecule has 0 spiro atoms. The van der Waals surface area contributed by atoms with Crippen LogP contribution in [0.2, 0.25) is 0 Å². The van der Waals surface area contributed by atoms with Crippen molar-refractivity contribution in [1.29, 1.82) is 0 Å². The summed E-state index contributed by atoms with van der Waals surface area (Å²) in [5.74, 6) is 0.762. The van der Waals surface area contributed by atoms with Gasteiger partial charge in [-0.15, -0.1) is 0 Å². The van der Waals surface area contributed by atoms with Gasteiger partial charge in [0.25, 0.3) is 5.91 Å². The van der Waals surface area contributed by atoms with Crippen LogP contribution in [0.25, 0.3) is 0 Å². The van der Waals surface area contributed by atoms with Crippen molar-refractivity contribution in [2.45, 2.75) is 56.8 Å². The number of ether oxygens (including phenoxy) is 1. The van der Waals surface area contributed by atoms with E-state index >= 15 is 0 Å². The molecule has 6 nitrogen and oxygen atoms in total. The van der Waals surface area contributed by atoms with E-state index in [4.69, 9.17) is 4.74 Å². The summed E-state index contributed by atoms with van der Waals surface area (Å²) in [5.41, 5.74) is 0.833. The summed E-state index contributed by atoms with van der Waals surface area (Å²) in [6.07, 6.45) is 2.20. The predicted molar refractivity (Wildman–Crippen MR) is 110 cm³/mol. The van der Waals surface area contributed by atoms with Gasteiger partial charge in [-0.2, -0.15) is 18.3 Å². The van der Waals surface area contributed by atoms with Crippen molar-refractivity contribution < 1.29 is 22.7 Å². The molecule has 0 bridgehead atoms. The van der Waals surface area contributed by atoms with E-state index in [1.807, 2.05) is 0 Å². The number of anilines is 1. The van der Waals surface area contributed by atoms with Crippen LogP contribution in [0.15, 0.2) is 30.5 Å². The zero-order valence-corrected chi connectivity index (χ0v) is 17.4. The number of alkyl halides is 3. The zero-order chi connectivity index (χ0) is 22.0. The molecule has 1 aromatic carbocycles. The molecule has 1 aliphatic carbocycles. The number of carbonyl (C=O) groups excluding carboxylic acids is 1. The molecular formula is C22H27F3N4O2. The highest BCUT2D eigenvalue weighted by Crippen LogP contribution is 2.44. The second-order valence-electron chi connectivity index (χ2n) is 8.33. The maximum Gasteiger partial charge on any atom is 0.410 e. The third-order valence-electron chi connectivity index (χ3n) is 6.28. The lowest BCUT2D eigenvalue weighted by Crippen LogP contribution is -2.37. The van der Waals surface area contributed by atoms with Crippen LogP contribution in [-0.2, 0) is 0 Å². The fourth-order valence-corrected chi connectivity index (χ4v) is 4.51. The van der Waals surface area contributed by atoms with Crippen LogP contribution in [0.4, 0.5) is 19.0 Å². The van der Waals surface area contributed by atoms with E-state index in [0.29, 0.717) is 23.8 Å². The molecule has 31 heavy (non-hydrogen) atoms. The first-order chi connectivity index (χ1) is 14.9. The quantitative estimate of drug-likeness (QED) is 0.702. The molecule has 0 radical (unpaired) electrons. The lowest BCUT2D eigenvalue weighted by Gasteiger charge is -2.34. The van der Waals surface area contributed by atoms with E-state index in [1.54, 1.807) is 24.3 Å². The van der Waals surface area contributed by atoms with Gasteiger partial charge in [0.1, 0.15) is 17.1 Å². The van der Waals surface area contributed by atoms with Crippen LogP contribution in [0.3, 0.4) is 0 Å². The maximum atomic E-state index is 13.8. The fourth-order valence-electron chi connectivity index (χ4n) is 4.51. The molecule has 1 fully saturated rings. The Morgan fingerprint density at radius 2 is 1.94 bits per heavy atom. The molecule has 4 rings (SSSR count). The molecule has 9 heteroatoms. The van der Waals surface area contributed by atoms with E-state index in [2.05, 4.69) is 15.7 Å². The summed E-state index contributed by atoms with van der Waals surface area (Å²) in [5, 5.41) is 9.95. The standard InChI is InChI=1S/C22H27F3N4O2/c1-31-16-9-7-15(8-10-16)18-11-19(22(23,24)25)29-20(28-18)17(13-27-29)21(30)26-12-14-5-3-2-4-6-14/h7-10,13-14,18-19,28H,2-6,11-12H2,1H3,(H,26,30). The summed E-state index contributed by atoms with van der Waals surface area (Å²) >= 11 is 0. The fraction of sp³-hybridized carbons (Fsp3) is 0.545. The summed E-state index contributed by atoms with van der Waals surface area (Å²) in [4.78, 5) is 12.8. The van der Waals surface area contributed by atoms with Crippen molar-refractivity contribution in [2.75, 3.05) is 19.0 Å². The topological polar surface area (TPSA) is 68.2 Å². The Bertz CT molecular complexity index is 904. The Hall–Kier alpha value is -2.71. The van der Waals surface area contributed by atoms with Gasteiger partial charge in [-0.3, -0.25) is 4.79 Å². The zero-order valence-electron chi connectivity index (χ0n) is 17.4. The molecule has 2 aromatic rings. The van der Waals surface area contributed by atoms with Crippen molar-refractivity contribution in [2.24, 2.45) is 5.92 Å². The van der Waals surface area contributed by atoms with Crippen molar-refractivity contribution in [3.8, 4) is 5.75 Å². The van der Waals surface area contributed by atoms with Gasteiger partial charge in [-0.05, 0) is 36.5 Å². The first-order valence-electron chi connectivity index (χ1n) is 10.7. The van der Waals surface area contributed by atoms with E-state index in [0.717, 1.165) is 30.4 Å². The minimum Gasteiger partial charge on any atom is -0.497 e. The summed E-state index contributed by atoms with van der Waals surface area (Å²) in [6, 6.07) is 4.48. The molecule has 168 valence electrons. The van der Waals surface area contributed by atoms with Gasteiger partial charge >= 0.3 is 6.18 Å². The first kappa shape index (κ1) is 21.5. The van der Waals surface area contributed by atoms with E-state index in [9.17, 15) is 18.0 Å². The maximum absolute atomic E-state index is 13.8. The van der Waals surface area contributed by atoms with E-state index < -0.39 is 24.2 Å². The minimum atomic E-state index is -4.48. The highest BCUT2D eigenvalue weighted by atomic mass is 19.4. The number of benzene rings is 1. The average molecular weight is 436 g/mol. The van der Waals surface area contributed by atoms with Crippen LogP contribution in [0.1, 0.15) is 66.5 Å². The minimum absolute atomic E-state index is 0.107. The van der Waals surface area contributed by atoms with Gasteiger partial charge in [-0.25, -0.2) is 4.68 Å². The van der Waals surface area contributed by atoms with Crippen molar-refractivity contribution in [3.63, 3.8) is 0 Å². The molecule has 1 aromatic heterocycles. The first-order valence-corrected chi connectivity index (χ1v) is 10.7. The SMILES string of the molecule is COc1ccc(C2CC(C(F)(F)F)n3ncc(C(=O)NCC4CCCCC4)c3N2)cc1. The van der Waals surface area contributed by atoms with Crippen molar-refractivity contribution in [1.82, 2.24) is 15.1 Å². The highest BCUT2D eigenvalue weighted by Gasteiger charge is 2.47. The van der Waals surface area contributed by atoms with Crippen LogP contribution < -0.4 is 15.4 Å². The Labute approximate surface area is 179 Å². The Kier molecular flexibility index (Phi) is 6.11. The molecule has 2 heterocycles. The lowest BCUT2D eigenvalue weighted by atomic mass is 9.89. The van der Waals surface area contributed by atoms with Gasteiger partial charge in [-0.1, -0.05) is 31.4 Å². The third-order valence-corrected chi connectivity index (χ3v) is 6.28. The van der Waals surface area contributed by atoms with E-state index in [1.165, 1.54) is 19.7 Å². The van der Waals surface area contributed by atoms with Crippen LogP contribution in [-0.4, -0.2) is 35.5 Å². The smallest absolute Gasteiger partial charge is 0.410 e. The normalized spacial score (nSPS) is 21.8. The Morgan fingerprint density at radius 1 is 1.23 bits per heavy atom. The number of methoxy groups -OCH3 is 1. The second kappa shape index (κ2) is 8.80. The highest BCUT2D eigenvalue weighted by molar-refractivity contribution is 5.98. The molecule has 0 saturated heterocycles. The Balaban J connectivity index is 1.57. The van der Waals surface area contributed by atoms with Gasteiger partial charge in [0.05, 0.1) is 19.3 Å². The second-order valence-corrected chi connectivity index (χ2v) is 8.33. The van der Waals surface area contributed by atoms with Crippen molar-refractivity contribution >= 4 is 11.7 Å². The van der Waals surface area contributed by atoms with Gasteiger partial charge < -0.3 is 15.4 Å². The number of carbonyl (C=O) groups is 1. The van der Waals surface area contributed by atoms with Crippen molar-refractivity contribution in [3.05, 3.63) is 41.6 Å². The van der Waals surface area contributed by atoms with Gasteiger partial charge in [0, 0.05) is 13.0 Å². The van der Waals surface area contributed by atoms with Gasteiger partial charge in [0.2, 0.25) is 0 Å². The Morgan fingerprint density at radius 3 is 2.58 bits per heavy atom. The molecule has 1 aliphatic heterocycles. The molecule has 2 aliphatic rings. The monoisotopic (exact) mass is 436 g/mol. The third kappa shape index (κ3) is 4.65. The van der Waals surface area contributed by atoms with Crippen LogP contribution >= 0.6 is 0 Å². The number of fused-ring (bicyclic) bond motifs is 1. The summed E-state index contributed by atoms with van der Waals surface area (Å²) < 4.78 is 47.5.